The van der Waals surface area contributed by atoms with Gasteiger partial charge in [-0.05, 0) is 6.07 Å². The molecule has 2 rings (SSSR count). The van der Waals surface area contributed by atoms with E-state index in [1.807, 2.05) is 0 Å². The van der Waals surface area contributed by atoms with Crippen molar-refractivity contribution in [3.8, 4) is 11.4 Å². The van der Waals surface area contributed by atoms with Gasteiger partial charge in [0.15, 0.2) is 5.15 Å². The largest absolute Gasteiger partial charge is 0.475 e. The minimum absolute atomic E-state index is 0.0937. The fourth-order valence-corrected chi connectivity index (χ4v) is 1.24. The summed E-state index contributed by atoms with van der Waals surface area (Å²) in [6.07, 6.45) is 1.53. The number of hydrogen-bond acceptors (Lipinski definition) is 3. The summed E-state index contributed by atoms with van der Waals surface area (Å²) in [5.74, 6) is -1.34. The lowest BCUT2D eigenvalue weighted by Gasteiger charge is -2.01. The topological polar surface area (TPSA) is 78.9 Å². The summed E-state index contributed by atoms with van der Waals surface area (Å²) in [4.78, 5) is 20.7. The molecular formula is C7H4ClN3O2. The zero-order chi connectivity index (χ0) is 9.42. The van der Waals surface area contributed by atoms with Crippen molar-refractivity contribution in [3.05, 3.63) is 23.2 Å². The standard InChI is InChI=1S/C7H4ClN3O2/c8-5-4-3(1-2-9-4)10-6(11-5)7(12)13/h1-2H,(H,10,11)(H,12,13). The number of aromatic amines is 1. The van der Waals surface area contributed by atoms with Gasteiger partial charge in [-0.15, -0.1) is 0 Å². The highest BCUT2D eigenvalue weighted by Gasteiger charge is 2.15. The van der Waals surface area contributed by atoms with E-state index >= 15 is 0 Å². The molecule has 2 aliphatic heterocycles. The molecule has 13 heavy (non-hydrogen) atoms. The first-order valence-corrected chi connectivity index (χ1v) is 3.80. The number of aromatic carboxylic acids is 1. The minimum Gasteiger partial charge on any atom is -0.475 e. The van der Waals surface area contributed by atoms with E-state index in [-0.39, 0.29) is 11.0 Å². The van der Waals surface area contributed by atoms with Crippen LogP contribution in [0.3, 0.4) is 0 Å². The normalized spacial score (nSPS) is 10.5. The number of H-pyrrole nitrogens is 1. The number of rotatable bonds is 1. The Balaban J connectivity index is 2.70. The van der Waals surface area contributed by atoms with E-state index in [4.69, 9.17) is 16.7 Å². The van der Waals surface area contributed by atoms with Crippen LogP contribution in [0.25, 0.3) is 11.4 Å². The molecule has 0 saturated heterocycles. The molecule has 6 heteroatoms. The van der Waals surface area contributed by atoms with Crippen molar-refractivity contribution < 1.29 is 9.90 Å². The number of carboxylic acids is 1. The lowest BCUT2D eigenvalue weighted by molar-refractivity contribution is 0.0683. The molecule has 2 aliphatic rings. The molecule has 0 aromatic heterocycles. The van der Waals surface area contributed by atoms with E-state index in [0.717, 1.165) is 0 Å². The van der Waals surface area contributed by atoms with Gasteiger partial charge in [-0.2, -0.15) is 0 Å². The molecule has 0 atom stereocenters. The van der Waals surface area contributed by atoms with Gasteiger partial charge >= 0.3 is 5.97 Å². The molecule has 0 saturated carbocycles. The first kappa shape index (κ1) is 8.00. The number of carbonyl (C=O) groups is 1. The van der Waals surface area contributed by atoms with Crippen molar-refractivity contribution in [1.82, 2.24) is 15.0 Å². The SMILES string of the molecule is O=C(O)c1nc(Cl)c2nccc-2[nH]1. The van der Waals surface area contributed by atoms with Crippen LogP contribution in [0.4, 0.5) is 0 Å². The molecule has 5 nitrogen and oxygen atoms in total. The Morgan fingerprint density at radius 3 is 3.08 bits per heavy atom. The van der Waals surface area contributed by atoms with Crippen LogP contribution in [-0.2, 0) is 0 Å². The molecule has 0 bridgehead atoms. The van der Waals surface area contributed by atoms with Crippen molar-refractivity contribution in [1.29, 1.82) is 0 Å². The number of fused-ring (bicyclic) bond motifs is 1. The predicted octanol–water partition coefficient (Wildman–Crippen LogP) is 1.26. The number of hydrogen-bond donors (Lipinski definition) is 2. The molecule has 0 aromatic carbocycles. The monoisotopic (exact) mass is 197 g/mol. The Kier molecular flexibility index (Phi) is 1.66. The third kappa shape index (κ3) is 1.23. The predicted molar refractivity (Wildman–Crippen MR) is 45.0 cm³/mol. The maximum absolute atomic E-state index is 10.5. The zero-order valence-corrected chi connectivity index (χ0v) is 7.04. The number of nitrogens with zero attached hydrogens (tertiary/aromatic N) is 2. The quantitative estimate of drug-likeness (QED) is 0.675. The summed E-state index contributed by atoms with van der Waals surface area (Å²) in [6, 6.07) is 1.63. The van der Waals surface area contributed by atoms with E-state index in [0.29, 0.717) is 11.4 Å². The highest BCUT2D eigenvalue weighted by Crippen LogP contribution is 2.24. The third-order valence-electron chi connectivity index (χ3n) is 1.56. The van der Waals surface area contributed by atoms with Gasteiger partial charge in [0.25, 0.3) is 0 Å². The molecule has 2 heterocycles. The second-order valence-corrected chi connectivity index (χ2v) is 2.75. The Morgan fingerprint density at radius 1 is 1.62 bits per heavy atom. The molecular weight excluding hydrogens is 194 g/mol. The molecule has 0 amide bonds. The minimum atomic E-state index is -1.15. The van der Waals surface area contributed by atoms with E-state index in [9.17, 15) is 4.79 Å². The van der Waals surface area contributed by atoms with Crippen molar-refractivity contribution in [2.75, 3.05) is 0 Å². The first-order valence-electron chi connectivity index (χ1n) is 3.42. The Labute approximate surface area is 77.7 Å². The third-order valence-corrected chi connectivity index (χ3v) is 1.82. The summed E-state index contributed by atoms with van der Waals surface area (Å²) in [5.41, 5.74) is 1.05. The lowest BCUT2D eigenvalue weighted by atomic mass is 10.3. The Hall–Kier alpha value is -1.62. The van der Waals surface area contributed by atoms with Gasteiger partial charge in [0.2, 0.25) is 5.82 Å². The molecule has 2 N–H and O–H groups in total. The van der Waals surface area contributed by atoms with Gasteiger partial charge < -0.3 is 10.1 Å². The van der Waals surface area contributed by atoms with Crippen LogP contribution in [0, 0.1) is 0 Å². The molecule has 66 valence electrons. The molecule has 0 aliphatic carbocycles. The van der Waals surface area contributed by atoms with Gasteiger partial charge in [0, 0.05) is 6.20 Å². The van der Waals surface area contributed by atoms with Crippen molar-refractivity contribution in [3.63, 3.8) is 0 Å². The Morgan fingerprint density at radius 2 is 2.38 bits per heavy atom. The average molecular weight is 198 g/mol. The van der Waals surface area contributed by atoms with E-state index in [1.165, 1.54) is 6.20 Å². The van der Waals surface area contributed by atoms with E-state index in [1.54, 1.807) is 6.07 Å². The van der Waals surface area contributed by atoms with Crippen molar-refractivity contribution in [2.45, 2.75) is 0 Å². The van der Waals surface area contributed by atoms with Crippen molar-refractivity contribution in [2.24, 2.45) is 0 Å². The van der Waals surface area contributed by atoms with Crippen LogP contribution in [0.1, 0.15) is 10.6 Å². The van der Waals surface area contributed by atoms with Crippen molar-refractivity contribution >= 4 is 17.6 Å². The highest BCUT2D eigenvalue weighted by atomic mass is 35.5. The summed E-state index contributed by atoms with van der Waals surface area (Å²) < 4.78 is 0. The molecule has 0 aromatic rings. The van der Waals surface area contributed by atoms with Gasteiger partial charge in [-0.3, -0.25) is 4.98 Å². The zero-order valence-electron chi connectivity index (χ0n) is 6.28. The average Bonchev–Trinajstić information content (AvgIpc) is 2.51. The van der Waals surface area contributed by atoms with Crippen LogP contribution < -0.4 is 0 Å². The van der Waals surface area contributed by atoms with Crippen LogP contribution in [-0.4, -0.2) is 26.0 Å². The molecule has 0 fully saturated rings. The summed E-state index contributed by atoms with van der Waals surface area (Å²) in [5, 5.41) is 8.73. The number of carboxylic acid groups (broad SMARTS) is 1. The second-order valence-electron chi connectivity index (χ2n) is 2.39. The summed E-state index contributed by atoms with van der Waals surface area (Å²) >= 11 is 5.69. The van der Waals surface area contributed by atoms with Gasteiger partial charge in [0.05, 0.1) is 5.69 Å². The number of aromatic nitrogens is 3. The van der Waals surface area contributed by atoms with Crippen LogP contribution in [0.5, 0.6) is 0 Å². The highest BCUT2D eigenvalue weighted by molar-refractivity contribution is 6.31. The summed E-state index contributed by atoms with van der Waals surface area (Å²) in [6.45, 7) is 0. The second kappa shape index (κ2) is 2.70. The molecule has 0 unspecified atom stereocenters. The smallest absolute Gasteiger partial charge is 0.371 e. The maximum atomic E-state index is 10.5. The van der Waals surface area contributed by atoms with E-state index < -0.39 is 5.97 Å². The fourth-order valence-electron chi connectivity index (χ4n) is 1.01. The lowest BCUT2D eigenvalue weighted by Crippen LogP contribution is -2.05. The van der Waals surface area contributed by atoms with Crippen LogP contribution in [0.15, 0.2) is 12.3 Å². The van der Waals surface area contributed by atoms with E-state index in [2.05, 4.69) is 15.0 Å². The Bertz CT molecular complexity index is 440. The van der Waals surface area contributed by atoms with Gasteiger partial charge in [0.1, 0.15) is 5.69 Å². The first-order chi connectivity index (χ1) is 6.18. The summed E-state index contributed by atoms with van der Waals surface area (Å²) in [7, 11) is 0. The maximum Gasteiger partial charge on any atom is 0.371 e. The molecule has 0 spiro atoms. The van der Waals surface area contributed by atoms with Gasteiger partial charge in [-0.25, -0.2) is 9.78 Å². The van der Waals surface area contributed by atoms with Crippen LogP contribution >= 0.6 is 11.6 Å². The fraction of sp³-hybridized carbons (Fsp3) is 0. The number of nitrogens with one attached hydrogen (secondary N) is 1. The van der Waals surface area contributed by atoms with Crippen LogP contribution in [0.2, 0.25) is 5.15 Å². The number of halogens is 1. The van der Waals surface area contributed by atoms with Gasteiger partial charge in [-0.1, -0.05) is 11.6 Å². The molecule has 0 radical (unpaired) electrons.